The maximum absolute atomic E-state index is 12.7. The van der Waals surface area contributed by atoms with Crippen LogP contribution >= 0.6 is 0 Å². The maximum atomic E-state index is 12.7. The van der Waals surface area contributed by atoms with E-state index in [0.717, 1.165) is 6.92 Å². The minimum atomic E-state index is -2.74. The first-order valence-electron chi connectivity index (χ1n) is 4.70. The average molecular weight is 214 g/mol. The fraction of sp³-hybridized carbons (Fsp3) is 0.417. The molecular formula is C12H16F2O. The lowest BCUT2D eigenvalue weighted by Crippen LogP contribution is -2.09. The third-order valence-electron chi connectivity index (χ3n) is 1.58. The Hall–Kier alpha value is -1.25. The van der Waals surface area contributed by atoms with Gasteiger partial charge in [0.1, 0.15) is 5.78 Å². The van der Waals surface area contributed by atoms with Crippen molar-refractivity contribution in [2.45, 2.75) is 32.6 Å². The first-order valence-corrected chi connectivity index (χ1v) is 4.70. The van der Waals surface area contributed by atoms with E-state index < -0.39 is 5.92 Å². The summed E-state index contributed by atoms with van der Waals surface area (Å²) in [5.74, 6) is -2.73. The van der Waals surface area contributed by atoms with E-state index in [4.69, 9.17) is 0 Å². The van der Waals surface area contributed by atoms with Gasteiger partial charge in [0, 0.05) is 12.8 Å². The molecule has 0 aliphatic heterocycles. The summed E-state index contributed by atoms with van der Waals surface area (Å²) in [5, 5.41) is 0. The smallest absolute Gasteiger partial charge is 0.249 e. The Bertz CT molecular complexity index is 282. The van der Waals surface area contributed by atoms with Crippen LogP contribution < -0.4 is 0 Å². The molecule has 0 fully saturated rings. The van der Waals surface area contributed by atoms with Gasteiger partial charge in [-0.1, -0.05) is 30.9 Å². The van der Waals surface area contributed by atoms with Gasteiger partial charge in [-0.25, -0.2) is 8.78 Å². The summed E-state index contributed by atoms with van der Waals surface area (Å²) < 4.78 is 25.4. The molecule has 0 N–H and O–H groups in total. The van der Waals surface area contributed by atoms with Crippen LogP contribution in [0.5, 0.6) is 0 Å². The first-order chi connectivity index (χ1) is 6.85. The second-order valence-electron chi connectivity index (χ2n) is 3.53. The van der Waals surface area contributed by atoms with E-state index in [2.05, 4.69) is 6.58 Å². The molecule has 3 heteroatoms. The molecule has 0 heterocycles. The number of carbonyl (C=O) groups excluding carboxylic acids is 1. The number of carbonyl (C=O) groups is 1. The highest BCUT2D eigenvalue weighted by atomic mass is 19.3. The van der Waals surface area contributed by atoms with Gasteiger partial charge in [-0.05, 0) is 19.4 Å². The minimum Gasteiger partial charge on any atom is -0.300 e. The van der Waals surface area contributed by atoms with Crippen LogP contribution in [0.25, 0.3) is 0 Å². The van der Waals surface area contributed by atoms with Gasteiger partial charge < -0.3 is 0 Å². The Balaban J connectivity index is 4.42. The number of Topliss-reactive ketones (excluding diaryl/α,β-unsaturated/α-hetero) is 1. The third-order valence-corrected chi connectivity index (χ3v) is 1.58. The number of ketones is 1. The van der Waals surface area contributed by atoms with E-state index in [-0.39, 0.29) is 18.6 Å². The van der Waals surface area contributed by atoms with Gasteiger partial charge in [0.15, 0.2) is 0 Å². The number of hydrogen-bond donors (Lipinski definition) is 0. The lowest BCUT2D eigenvalue weighted by Gasteiger charge is -2.10. The Morgan fingerprint density at radius 3 is 2.47 bits per heavy atom. The van der Waals surface area contributed by atoms with E-state index in [1.165, 1.54) is 19.1 Å². The highest BCUT2D eigenvalue weighted by molar-refractivity contribution is 5.77. The summed E-state index contributed by atoms with van der Waals surface area (Å²) in [6.45, 7) is 5.77. The predicted molar refractivity (Wildman–Crippen MR) is 58.0 cm³/mol. The molecule has 0 radical (unpaired) electrons. The monoisotopic (exact) mass is 214 g/mol. The second kappa shape index (κ2) is 6.27. The number of alkyl halides is 2. The molecular weight excluding hydrogens is 198 g/mol. The zero-order valence-corrected chi connectivity index (χ0v) is 9.09. The summed E-state index contributed by atoms with van der Waals surface area (Å²) in [6.07, 6.45) is 6.04. The predicted octanol–water partition coefficient (Wildman–Crippen LogP) is 3.68. The van der Waals surface area contributed by atoms with Gasteiger partial charge in [-0.2, -0.15) is 0 Å². The molecule has 0 aliphatic carbocycles. The van der Waals surface area contributed by atoms with Crippen molar-refractivity contribution < 1.29 is 13.6 Å². The molecule has 0 saturated carbocycles. The molecule has 0 spiro atoms. The number of rotatable bonds is 6. The largest absolute Gasteiger partial charge is 0.300 e. The molecule has 0 aromatic heterocycles. The normalized spacial score (nSPS) is 13.2. The van der Waals surface area contributed by atoms with E-state index >= 15 is 0 Å². The molecule has 1 nitrogen and oxygen atoms in total. The quantitative estimate of drug-likeness (QED) is 0.616. The van der Waals surface area contributed by atoms with Gasteiger partial charge in [0.2, 0.25) is 5.92 Å². The fourth-order valence-electron chi connectivity index (χ4n) is 1.06. The molecule has 0 aromatic rings. The summed E-state index contributed by atoms with van der Waals surface area (Å²) in [7, 11) is 0. The molecule has 0 bridgehead atoms. The molecule has 84 valence electrons. The van der Waals surface area contributed by atoms with E-state index in [9.17, 15) is 13.6 Å². The molecule has 0 atom stereocenters. The fourth-order valence-corrected chi connectivity index (χ4v) is 1.06. The maximum Gasteiger partial charge on any atom is 0.249 e. The molecule has 0 rings (SSSR count). The van der Waals surface area contributed by atoms with E-state index in [1.807, 2.05) is 0 Å². The van der Waals surface area contributed by atoms with Crippen LogP contribution in [-0.4, -0.2) is 11.7 Å². The van der Waals surface area contributed by atoms with Gasteiger partial charge in [-0.15, -0.1) is 0 Å². The molecule has 0 aromatic carbocycles. The Labute approximate surface area is 89.2 Å². The minimum absolute atomic E-state index is 0.00691. The van der Waals surface area contributed by atoms with Crippen LogP contribution in [0.1, 0.15) is 26.7 Å². The van der Waals surface area contributed by atoms with Crippen molar-refractivity contribution >= 4 is 5.78 Å². The zero-order valence-electron chi connectivity index (χ0n) is 9.09. The molecule has 0 amide bonds. The van der Waals surface area contributed by atoms with Crippen molar-refractivity contribution in [2.24, 2.45) is 0 Å². The lowest BCUT2D eigenvalue weighted by atomic mass is 10.1. The highest BCUT2D eigenvalue weighted by Crippen LogP contribution is 2.23. The summed E-state index contributed by atoms with van der Waals surface area (Å²) in [5.41, 5.74) is 0.471. The van der Waals surface area contributed by atoms with E-state index in [0.29, 0.717) is 5.57 Å². The number of halogens is 2. The van der Waals surface area contributed by atoms with Crippen LogP contribution in [-0.2, 0) is 4.79 Å². The van der Waals surface area contributed by atoms with Gasteiger partial charge in [0.05, 0.1) is 0 Å². The zero-order chi connectivity index (χ0) is 11.9. The highest BCUT2D eigenvalue weighted by Gasteiger charge is 2.21. The summed E-state index contributed by atoms with van der Waals surface area (Å²) in [6, 6.07) is 0. The molecule has 15 heavy (non-hydrogen) atoms. The summed E-state index contributed by atoms with van der Waals surface area (Å²) >= 11 is 0. The van der Waals surface area contributed by atoms with Gasteiger partial charge in [-0.3, -0.25) is 4.79 Å². The van der Waals surface area contributed by atoms with Crippen molar-refractivity contribution in [3.63, 3.8) is 0 Å². The summed E-state index contributed by atoms with van der Waals surface area (Å²) in [4.78, 5) is 10.6. The van der Waals surface area contributed by atoms with Crippen molar-refractivity contribution in [3.8, 4) is 0 Å². The Morgan fingerprint density at radius 1 is 1.47 bits per heavy atom. The van der Waals surface area contributed by atoms with Gasteiger partial charge in [0.25, 0.3) is 0 Å². The SMILES string of the molecule is C=C/C=C(\C=C/CC(C)=O)CC(C)(F)F. The Morgan fingerprint density at radius 2 is 2.07 bits per heavy atom. The standard InChI is InChI=1S/C12H16F2O/c1-4-6-11(9-12(3,13)14)8-5-7-10(2)15/h4-6,8H,1,7,9H2,2-3H3/b8-5-,11-6+. The third kappa shape index (κ3) is 9.06. The van der Waals surface area contributed by atoms with Crippen LogP contribution in [0.2, 0.25) is 0 Å². The topological polar surface area (TPSA) is 17.1 Å². The first kappa shape index (κ1) is 13.8. The van der Waals surface area contributed by atoms with Crippen LogP contribution in [0, 0.1) is 0 Å². The van der Waals surface area contributed by atoms with Crippen molar-refractivity contribution in [2.75, 3.05) is 0 Å². The van der Waals surface area contributed by atoms with Gasteiger partial charge >= 0.3 is 0 Å². The molecule has 0 unspecified atom stereocenters. The second-order valence-corrected chi connectivity index (χ2v) is 3.53. The average Bonchev–Trinajstić information content (AvgIpc) is 2.00. The van der Waals surface area contributed by atoms with Crippen molar-refractivity contribution in [1.82, 2.24) is 0 Å². The number of allylic oxidation sites excluding steroid dienone is 5. The van der Waals surface area contributed by atoms with Crippen molar-refractivity contribution in [1.29, 1.82) is 0 Å². The van der Waals surface area contributed by atoms with E-state index in [1.54, 1.807) is 12.2 Å². The van der Waals surface area contributed by atoms with Crippen LogP contribution in [0.15, 0.2) is 36.5 Å². The molecule has 0 aliphatic rings. The van der Waals surface area contributed by atoms with Crippen LogP contribution in [0.3, 0.4) is 0 Å². The Kier molecular flexibility index (Phi) is 5.75. The lowest BCUT2D eigenvalue weighted by molar-refractivity contribution is -0.116. The number of hydrogen-bond acceptors (Lipinski definition) is 1. The van der Waals surface area contributed by atoms with Crippen LogP contribution in [0.4, 0.5) is 8.78 Å². The molecule has 0 saturated heterocycles. The van der Waals surface area contributed by atoms with Crippen molar-refractivity contribution in [3.05, 3.63) is 36.5 Å².